The number of hydrogen-bond donors (Lipinski definition) is 1. The van der Waals surface area contributed by atoms with Crippen LogP contribution in [0.15, 0.2) is 42.5 Å². The van der Waals surface area contributed by atoms with Crippen LogP contribution in [-0.4, -0.2) is 13.1 Å². The van der Waals surface area contributed by atoms with Gasteiger partial charge in [-0.3, -0.25) is 0 Å². The molecular weight excluding hydrogens is 251 g/mol. The first kappa shape index (κ1) is 14.5. The number of halogens is 1. The molecule has 2 N–H and O–H groups in total. The Morgan fingerprint density at radius 2 is 1.70 bits per heavy atom. The second kappa shape index (κ2) is 6.53. The van der Waals surface area contributed by atoms with Gasteiger partial charge in [-0.05, 0) is 43.2 Å². The zero-order valence-corrected chi connectivity index (χ0v) is 12.1. The molecule has 0 heterocycles. The molecule has 2 aromatic carbocycles. The van der Waals surface area contributed by atoms with Crippen LogP contribution >= 0.6 is 0 Å². The SMILES string of the molecule is Cc1cc(C)cc(N(CCN)Cc2ccccc2F)c1. The first-order valence-corrected chi connectivity index (χ1v) is 6.87. The molecule has 0 bridgehead atoms. The predicted octanol–water partition coefficient (Wildman–Crippen LogP) is 3.41. The first-order chi connectivity index (χ1) is 9.60. The van der Waals surface area contributed by atoms with Crippen molar-refractivity contribution in [3.8, 4) is 0 Å². The fraction of sp³-hybridized carbons (Fsp3) is 0.294. The molecule has 0 fully saturated rings. The van der Waals surface area contributed by atoms with Gasteiger partial charge in [-0.15, -0.1) is 0 Å². The van der Waals surface area contributed by atoms with Crippen molar-refractivity contribution in [3.05, 3.63) is 65.0 Å². The molecule has 0 aliphatic carbocycles. The van der Waals surface area contributed by atoms with Gasteiger partial charge in [-0.2, -0.15) is 0 Å². The Morgan fingerprint density at radius 3 is 2.30 bits per heavy atom. The number of hydrogen-bond acceptors (Lipinski definition) is 2. The molecule has 20 heavy (non-hydrogen) atoms. The van der Waals surface area contributed by atoms with E-state index in [1.165, 1.54) is 17.2 Å². The van der Waals surface area contributed by atoms with Crippen molar-refractivity contribution in [2.24, 2.45) is 5.73 Å². The molecule has 3 heteroatoms. The van der Waals surface area contributed by atoms with Crippen LogP contribution in [0.25, 0.3) is 0 Å². The van der Waals surface area contributed by atoms with Crippen molar-refractivity contribution in [2.45, 2.75) is 20.4 Å². The minimum absolute atomic E-state index is 0.168. The average Bonchev–Trinajstić information content (AvgIpc) is 2.39. The summed E-state index contributed by atoms with van der Waals surface area (Å²) >= 11 is 0. The van der Waals surface area contributed by atoms with E-state index in [1.807, 2.05) is 12.1 Å². The summed E-state index contributed by atoms with van der Waals surface area (Å²) in [5, 5.41) is 0. The summed E-state index contributed by atoms with van der Waals surface area (Å²) in [6, 6.07) is 13.3. The summed E-state index contributed by atoms with van der Waals surface area (Å²) in [6.07, 6.45) is 0. The van der Waals surface area contributed by atoms with E-state index in [2.05, 4.69) is 36.9 Å². The molecule has 0 amide bonds. The Balaban J connectivity index is 2.29. The van der Waals surface area contributed by atoms with Crippen LogP contribution in [0, 0.1) is 19.7 Å². The van der Waals surface area contributed by atoms with E-state index in [-0.39, 0.29) is 5.82 Å². The highest BCUT2D eigenvalue weighted by molar-refractivity contribution is 5.51. The Hall–Kier alpha value is -1.87. The van der Waals surface area contributed by atoms with Crippen molar-refractivity contribution in [2.75, 3.05) is 18.0 Å². The Bertz CT molecular complexity index is 561. The van der Waals surface area contributed by atoms with Crippen LogP contribution in [-0.2, 0) is 6.54 Å². The lowest BCUT2D eigenvalue weighted by Crippen LogP contribution is -2.29. The lowest BCUT2D eigenvalue weighted by molar-refractivity contribution is 0.604. The van der Waals surface area contributed by atoms with Gasteiger partial charge in [0, 0.05) is 30.9 Å². The Morgan fingerprint density at radius 1 is 1.05 bits per heavy atom. The maximum absolute atomic E-state index is 13.8. The molecule has 0 saturated carbocycles. The van der Waals surface area contributed by atoms with Gasteiger partial charge in [0.05, 0.1) is 0 Å². The Labute approximate surface area is 120 Å². The fourth-order valence-electron chi connectivity index (χ4n) is 2.42. The monoisotopic (exact) mass is 272 g/mol. The lowest BCUT2D eigenvalue weighted by atomic mass is 10.1. The molecule has 0 atom stereocenters. The molecule has 0 saturated heterocycles. The van der Waals surface area contributed by atoms with E-state index in [0.29, 0.717) is 25.2 Å². The van der Waals surface area contributed by atoms with Crippen LogP contribution in [0.2, 0.25) is 0 Å². The van der Waals surface area contributed by atoms with Crippen LogP contribution in [0.5, 0.6) is 0 Å². The highest BCUT2D eigenvalue weighted by Crippen LogP contribution is 2.21. The van der Waals surface area contributed by atoms with Gasteiger partial charge < -0.3 is 10.6 Å². The molecule has 2 aromatic rings. The standard InChI is InChI=1S/C17H21FN2/c1-13-9-14(2)11-16(10-13)20(8-7-19)12-15-5-3-4-6-17(15)18/h3-6,9-11H,7-8,12,19H2,1-2H3. The molecule has 0 spiro atoms. The van der Waals surface area contributed by atoms with Crippen molar-refractivity contribution >= 4 is 5.69 Å². The molecule has 0 aliphatic heterocycles. The highest BCUT2D eigenvalue weighted by atomic mass is 19.1. The third-order valence-electron chi connectivity index (χ3n) is 3.29. The number of rotatable bonds is 5. The number of aryl methyl sites for hydroxylation is 2. The molecule has 0 unspecified atom stereocenters. The zero-order valence-electron chi connectivity index (χ0n) is 12.1. The number of nitrogens with zero attached hydrogens (tertiary/aromatic N) is 1. The number of nitrogens with two attached hydrogens (primary N) is 1. The normalized spacial score (nSPS) is 10.6. The van der Waals surface area contributed by atoms with E-state index in [4.69, 9.17) is 5.73 Å². The minimum atomic E-state index is -0.168. The third-order valence-corrected chi connectivity index (χ3v) is 3.29. The second-order valence-corrected chi connectivity index (χ2v) is 5.15. The summed E-state index contributed by atoms with van der Waals surface area (Å²) in [7, 11) is 0. The van der Waals surface area contributed by atoms with Crippen molar-refractivity contribution in [1.82, 2.24) is 0 Å². The summed E-state index contributed by atoms with van der Waals surface area (Å²) in [6.45, 7) is 5.92. The van der Waals surface area contributed by atoms with Crippen LogP contribution in [0.1, 0.15) is 16.7 Å². The minimum Gasteiger partial charge on any atom is -0.366 e. The zero-order chi connectivity index (χ0) is 14.5. The maximum Gasteiger partial charge on any atom is 0.128 e. The highest BCUT2D eigenvalue weighted by Gasteiger charge is 2.10. The number of benzene rings is 2. The average molecular weight is 272 g/mol. The van der Waals surface area contributed by atoms with Gasteiger partial charge in [0.1, 0.15) is 5.82 Å². The maximum atomic E-state index is 13.8. The third kappa shape index (κ3) is 3.58. The largest absolute Gasteiger partial charge is 0.366 e. The summed E-state index contributed by atoms with van der Waals surface area (Å²) in [4.78, 5) is 2.12. The van der Waals surface area contributed by atoms with Gasteiger partial charge >= 0.3 is 0 Å². The second-order valence-electron chi connectivity index (χ2n) is 5.15. The molecule has 2 rings (SSSR count). The van der Waals surface area contributed by atoms with Crippen molar-refractivity contribution < 1.29 is 4.39 Å². The molecular formula is C17H21FN2. The Kier molecular flexibility index (Phi) is 4.74. The smallest absolute Gasteiger partial charge is 0.128 e. The lowest BCUT2D eigenvalue weighted by Gasteiger charge is -2.25. The van der Waals surface area contributed by atoms with E-state index in [0.717, 1.165) is 5.69 Å². The van der Waals surface area contributed by atoms with Gasteiger partial charge in [0.2, 0.25) is 0 Å². The summed E-state index contributed by atoms with van der Waals surface area (Å²) < 4.78 is 13.8. The van der Waals surface area contributed by atoms with Crippen molar-refractivity contribution in [3.63, 3.8) is 0 Å². The van der Waals surface area contributed by atoms with Crippen LogP contribution in [0.3, 0.4) is 0 Å². The molecule has 0 radical (unpaired) electrons. The summed E-state index contributed by atoms with van der Waals surface area (Å²) in [5.74, 6) is -0.168. The molecule has 2 nitrogen and oxygen atoms in total. The predicted molar refractivity (Wildman–Crippen MR) is 82.4 cm³/mol. The fourth-order valence-corrected chi connectivity index (χ4v) is 2.42. The number of anilines is 1. The van der Waals surface area contributed by atoms with E-state index in [1.54, 1.807) is 6.07 Å². The van der Waals surface area contributed by atoms with Gasteiger partial charge in [-0.25, -0.2) is 4.39 Å². The van der Waals surface area contributed by atoms with Gasteiger partial charge in [0.15, 0.2) is 0 Å². The summed E-state index contributed by atoms with van der Waals surface area (Å²) in [5.41, 5.74) is 9.90. The van der Waals surface area contributed by atoms with Crippen LogP contribution < -0.4 is 10.6 Å². The van der Waals surface area contributed by atoms with E-state index >= 15 is 0 Å². The topological polar surface area (TPSA) is 29.3 Å². The van der Waals surface area contributed by atoms with E-state index in [9.17, 15) is 4.39 Å². The quantitative estimate of drug-likeness (QED) is 0.903. The van der Waals surface area contributed by atoms with Gasteiger partial charge in [-0.1, -0.05) is 24.3 Å². The van der Waals surface area contributed by atoms with Crippen molar-refractivity contribution in [1.29, 1.82) is 0 Å². The van der Waals surface area contributed by atoms with Gasteiger partial charge in [0.25, 0.3) is 0 Å². The van der Waals surface area contributed by atoms with Crippen LogP contribution in [0.4, 0.5) is 10.1 Å². The first-order valence-electron chi connectivity index (χ1n) is 6.87. The molecule has 0 aliphatic rings. The van der Waals surface area contributed by atoms with E-state index < -0.39 is 0 Å². The molecule has 106 valence electrons. The molecule has 0 aromatic heterocycles.